The summed E-state index contributed by atoms with van der Waals surface area (Å²) in [7, 11) is 3.21. The average molecular weight is 741 g/mol. The third-order valence-electron chi connectivity index (χ3n) is 9.82. The number of rotatable bonds is 14. The first kappa shape index (κ1) is 38.4. The van der Waals surface area contributed by atoms with Crippen LogP contribution < -0.4 is 30.3 Å². The molecule has 0 atom stereocenters. The molecule has 1 aliphatic heterocycles. The number of methoxy groups -OCH3 is 1. The lowest BCUT2D eigenvalue weighted by atomic mass is 9.99. The molecule has 0 bridgehead atoms. The summed E-state index contributed by atoms with van der Waals surface area (Å²) < 4.78 is 11.9. The minimum Gasteiger partial charge on any atom is -0.495 e. The normalized spacial score (nSPS) is 12.6. The minimum atomic E-state index is -0.314. The topological polar surface area (TPSA) is 130 Å². The molecule has 1 aromatic heterocycles. The highest BCUT2D eigenvalue weighted by molar-refractivity contribution is 6.10. The van der Waals surface area contributed by atoms with E-state index < -0.39 is 0 Å². The van der Waals surface area contributed by atoms with Crippen LogP contribution in [0.2, 0.25) is 0 Å². The number of nitrogens with zero attached hydrogens (tertiary/aromatic N) is 4. The largest absolute Gasteiger partial charge is 0.495 e. The fraction of sp³-hybridized carbons (Fsp3) is 0.273. The minimum absolute atomic E-state index is 0.197. The van der Waals surface area contributed by atoms with Gasteiger partial charge in [-0.3, -0.25) is 19.4 Å². The molecular weight excluding hydrogens is 693 g/mol. The van der Waals surface area contributed by atoms with Gasteiger partial charge in [-0.1, -0.05) is 36.4 Å². The predicted molar refractivity (Wildman–Crippen MR) is 218 cm³/mol. The average Bonchev–Trinajstić information content (AvgIpc) is 3.22. The van der Waals surface area contributed by atoms with E-state index in [9.17, 15) is 14.4 Å². The molecule has 2 heterocycles. The smallest absolute Gasteiger partial charge is 0.258 e. The van der Waals surface area contributed by atoms with Crippen molar-refractivity contribution in [1.82, 2.24) is 9.88 Å². The van der Waals surface area contributed by atoms with E-state index in [-0.39, 0.29) is 17.7 Å². The zero-order valence-corrected chi connectivity index (χ0v) is 31.7. The number of benzene rings is 4. The lowest BCUT2D eigenvalue weighted by Gasteiger charge is -2.36. The van der Waals surface area contributed by atoms with Crippen LogP contribution in [-0.4, -0.2) is 74.5 Å². The molecule has 284 valence electrons. The van der Waals surface area contributed by atoms with Crippen molar-refractivity contribution in [2.75, 3.05) is 67.8 Å². The Balaban J connectivity index is 1.02. The Bertz CT molecular complexity index is 2100. The number of nitrogens with two attached hydrogens (primary N) is 1. The molecule has 0 spiro atoms. The van der Waals surface area contributed by atoms with E-state index in [1.165, 1.54) is 7.11 Å². The van der Waals surface area contributed by atoms with Crippen molar-refractivity contribution in [2.24, 2.45) is 0 Å². The lowest BCUT2D eigenvalue weighted by molar-refractivity contribution is -0.131. The van der Waals surface area contributed by atoms with E-state index in [0.29, 0.717) is 52.7 Å². The molecule has 11 heteroatoms. The maximum absolute atomic E-state index is 13.8. The number of aromatic nitrogens is 1. The van der Waals surface area contributed by atoms with Gasteiger partial charge in [0.15, 0.2) is 0 Å². The lowest BCUT2D eigenvalue weighted by Crippen LogP contribution is -2.48. The number of carbonyl (C=O) groups excluding carboxylic acids is 3. The van der Waals surface area contributed by atoms with Gasteiger partial charge in [-0.25, -0.2) is 0 Å². The summed E-state index contributed by atoms with van der Waals surface area (Å²) in [5, 5.41) is 2.95. The molecule has 1 fully saturated rings. The van der Waals surface area contributed by atoms with Gasteiger partial charge in [0.1, 0.15) is 11.5 Å². The summed E-state index contributed by atoms with van der Waals surface area (Å²) in [5.74, 6) is 0.575. The Morgan fingerprint density at radius 2 is 1.58 bits per heavy atom. The molecule has 3 amide bonds. The summed E-state index contributed by atoms with van der Waals surface area (Å²) in [6, 6.07) is 29.4. The summed E-state index contributed by atoms with van der Waals surface area (Å²) >= 11 is 0. The monoisotopic (exact) mass is 740 g/mol. The van der Waals surface area contributed by atoms with Crippen molar-refractivity contribution in [3.05, 3.63) is 126 Å². The van der Waals surface area contributed by atoms with Crippen molar-refractivity contribution in [3.8, 4) is 22.6 Å². The molecule has 11 nitrogen and oxygen atoms in total. The third-order valence-corrected chi connectivity index (χ3v) is 9.82. The predicted octanol–water partition coefficient (Wildman–Crippen LogP) is 7.46. The first-order valence-electron chi connectivity index (χ1n) is 18.6. The zero-order chi connectivity index (χ0) is 38.7. The van der Waals surface area contributed by atoms with Crippen molar-refractivity contribution in [2.45, 2.75) is 32.6 Å². The van der Waals surface area contributed by atoms with Crippen molar-refractivity contribution >= 4 is 40.5 Å². The highest BCUT2D eigenvalue weighted by Gasteiger charge is 2.22. The Kier molecular flexibility index (Phi) is 12.6. The van der Waals surface area contributed by atoms with Crippen LogP contribution in [0.4, 0.5) is 22.7 Å². The Morgan fingerprint density at radius 1 is 0.836 bits per heavy atom. The van der Waals surface area contributed by atoms with Gasteiger partial charge >= 0.3 is 0 Å². The van der Waals surface area contributed by atoms with Gasteiger partial charge in [-0.05, 0) is 104 Å². The maximum Gasteiger partial charge on any atom is 0.258 e. The number of hydrogen-bond acceptors (Lipinski definition) is 8. The Hall–Kier alpha value is -6.36. The van der Waals surface area contributed by atoms with Crippen molar-refractivity contribution in [1.29, 1.82) is 0 Å². The Morgan fingerprint density at radius 3 is 2.33 bits per heavy atom. The van der Waals surface area contributed by atoms with E-state index in [4.69, 9.17) is 15.2 Å². The number of unbranched alkanes of at least 4 members (excludes halogenated alkanes) is 2. The number of anilines is 4. The van der Waals surface area contributed by atoms with E-state index in [2.05, 4.69) is 15.2 Å². The quantitative estimate of drug-likeness (QED) is 0.0887. The van der Waals surface area contributed by atoms with Gasteiger partial charge in [0.05, 0.1) is 25.1 Å². The van der Waals surface area contributed by atoms with Crippen LogP contribution in [0, 0.1) is 6.92 Å². The SMILES string of the molecule is COc1cc(C(=O)N(C)c2ccc(C)cc2OCCCCCC(=O)N2CCN(c3ccncc3)CC2)ccc1NC(=O)c1ccccc1-c1ccc(N)cc1. The molecule has 0 saturated carbocycles. The summed E-state index contributed by atoms with van der Waals surface area (Å²) in [4.78, 5) is 50.1. The first-order valence-corrected chi connectivity index (χ1v) is 18.6. The van der Waals surface area contributed by atoms with E-state index in [1.54, 1.807) is 60.7 Å². The summed E-state index contributed by atoms with van der Waals surface area (Å²) in [5.41, 5.74) is 12.2. The van der Waals surface area contributed by atoms with Crippen LogP contribution in [0.3, 0.4) is 0 Å². The van der Waals surface area contributed by atoms with Gasteiger partial charge in [-0.15, -0.1) is 0 Å². The first-order chi connectivity index (χ1) is 26.7. The molecule has 1 saturated heterocycles. The number of pyridine rings is 1. The number of amides is 3. The molecule has 0 unspecified atom stereocenters. The van der Waals surface area contributed by atoms with Gasteiger partial charge < -0.3 is 35.2 Å². The van der Waals surface area contributed by atoms with Crippen LogP contribution in [0.25, 0.3) is 11.1 Å². The highest BCUT2D eigenvalue weighted by Crippen LogP contribution is 2.33. The van der Waals surface area contributed by atoms with Crippen LogP contribution in [0.5, 0.6) is 11.5 Å². The molecule has 55 heavy (non-hydrogen) atoms. The van der Waals surface area contributed by atoms with Crippen molar-refractivity contribution < 1.29 is 23.9 Å². The molecule has 3 N–H and O–H groups in total. The van der Waals surface area contributed by atoms with E-state index in [0.717, 1.165) is 67.8 Å². The van der Waals surface area contributed by atoms with Gasteiger partial charge in [0, 0.05) is 74.5 Å². The Labute approximate surface area is 322 Å². The van der Waals surface area contributed by atoms with Crippen LogP contribution >= 0.6 is 0 Å². The summed E-state index contributed by atoms with van der Waals surface area (Å²) in [6.45, 7) is 5.52. The second-order valence-corrected chi connectivity index (χ2v) is 13.6. The van der Waals surface area contributed by atoms with Gasteiger partial charge in [0.25, 0.3) is 11.8 Å². The molecule has 4 aromatic carbocycles. The number of carbonyl (C=O) groups is 3. The fourth-order valence-electron chi connectivity index (χ4n) is 6.69. The van der Waals surface area contributed by atoms with Gasteiger partial charge in [-0.2, -0.15) is 0 Å². The second kappa shape index (κ2) is 18.1. The third kappa shape index (κ3) is 9.61. The van der Waals surface area contributed by atoms with Crippen LogP contribution in [0.1, 0.15) is 52.0 Å². The number of hydrogen-bond donors (Lipinski definition) is 2. The van der Waals surface area contributed by atoms with Crippen LogP contribution in [-0.2, 0) is 4.79 Å². The van der Waals surface area contributed by atoms with E-state index in [1.807, 2.05) is 72.5 Å². The summed E-state index contributed by atoms with van der Waals surface area (Å²) in [6.07, 6.45) is 6.53. The van der Waals surface area contributed by atoms with Crippen molar-refractivity contribution in [3.63, 3.8) is 0 Å². The fourth-order valence-corrected chi connectivity index (χ4v) is 6.69. The standard InChI is InChI=1S/C44H48N6O5/c1-31-12-19-39(41(29-31)55-28-8-4-5-11-42(51)50-26-24-49(25-27-50)35-20-22-46-23-21-35)48(2)44(53)33-15-18-38(40(30-33)54-3)47-43(52)37-10-7-6-9-36(37)32-13-16-34(45)17-14-32/h6-7,9-10,12-23,29-30H,4-5,8,11,24-28,45H2,1-3H3,(H,47,52). The van der Waals surface area contributed by atoms with Gasteiger partial charge in [0.2, 0.25) is 5.91 Å². The maximum atomic E-state index is 13.8. The number of ether oxygens (including phenoxy) is 2. The zero-order valence-electron chi connectivity index (χ0n) is 31.7. The molecule has 1 aliphatic rings. The molecule has 0 radical (unpaired) electrons. The number of piperazine rings is 1. The molecular formula is C44H48N6O5. The number of nitrogen functional groups attached to an aromatic ring is 1. The molecule has 5 aromatic rings. The second-order valence-electron chi connectivity index (χ2n) is 13.6. The van der Waals surface area contributed by atoms with Crippen LogP contribution in [0.15, 0.2) is 109 Å². The highest BCUT2D eigenvalue weighted by atomic mass is 16.5. The molecule has 6 rings (SSSR count). The number of aryl methyl sites for hydroxylation is 1. The molecule has 0 aliphatic carbocycles. The number of nitrogens with one attached hydrogen (secondary N) is 1. The van der Waals surface area contributed by atoms with E-state index >= 15 is 0 Å².